The van der Waals surface area contributed by atoms with Crippen molar-refractivity contribution in [1.29, 1.82) is 0 Å². The molecule has 6 nitrogen and oxygen atoms in total. The zero-order valence-electron chi connectivity index (χ0n) is 14.5. The van der Waals surface area contributed by atoms with Crippen LogP contribution in [0, 0.1) is 23.3 Å². The summed E-state index contributed by atoms with van der Waals surface area (Å²) in [4.78, 5) is 29.3. The summed E-state index contributed by atoms with van der Waals surface area (Å²) in [6, 6.07) is 0.0592. The van der Waals surface area contributed by atoms with Gasteiger partial charge in [0, 0.05) is 45.3 Å². The van der Waals surface area contributed by atoms with Crippen LogP contribution in [0.2, 0.25) is 0 Å². The Morgan fingerprint density at radius 2 is 1.37 bits per heavy atom. The van der Waals surface area contributed by atoms with Crippen molar-refractivity contribution in [2.45, 2.75) is 0 Å². The van der Waals surface area contributed by atoms with Crippen LogP contribution in [0.1, 0.15) is 10.4 Å². The van der Waals surface area contributed by atoms with E-state index in [4.69, 9.17) is 4.74 Å². The lowest BCUT2D eigenvalue weighted by atomic mass is 10.1. The molecule has 0 unspecified atom stereocenters. The Morgan fingerprint density at radius 1 is 0.852 bits per heavy atom. The van der Waals surface area contributed by atoms with E-state index < -0.39 is 34.7 Å². The highest BCUT2D eigenvalue weighted by Crippen LogP contribution is 2.21. The highest BCUT2D eigenvalue weighted by Gasteiger charge is 2.31. The maximum absolute atomic E-state index is 13.8. The molecular formula is C17H19F4N3O3. The zero-order valence-corrected chi connectivity index (χ0v) is 14.5. The topological polar surface area (TPSA) is 53.1 Å². The molecule has 2 saturated heterocycles. The molecule has 0 radical (unpaired) electrons. The van der Waals surface area contributed by atoms with Gasteiger partial charge in [0.1, 0.15) is 5.56 Å². The summed E-state index contributed by atoms with van der Waals surface area (Å²) in [6.07, 6.45) is 0. The van der Waals surface area contributed by atoms with Crippen LogP contribution in [0.5, 0.6) is 0 Å². The molecule has 2 aliphatic rings. The van der Waals surface area contributed by atoms with Gasteiger partial charge in [0.2, 0.25) is 5.91 Å². The normalized spacial score (nSPS) is 18.7. The van der Waals surface area contributed by atoms with Crippen LogP contribution in [-0.4, -0.2) is 85.5 Å². The molecule has 2 amide bonds. The van der Waals surface area contributed by atoms with Crippen LogP contribution >= 0.6 is 0 Å². The van der Waals surface area contributed by atoms with Crippen molar-refractivity contribution in [1.82, 2.24) is 14.7 Å². The number of piperazine rings is 1. The summed E-state index contributed by atoms with van der Waals surface area (Å²) in [5, 5.41) is 0. The number of carbonyl (C=O) groups is 2. The number of benzene rings is 1. The number of carbonyl (C=O) groups excluding carboxylic acids is 2. The highest BCUT2D eigenvalue weighted by atomic mass is 19.2. The lowest BCUT2D eigenvalue weighted by molar-refractivity contribution is -0.134. The molecule has 2 fully saturated rings. The Morgan fingerprint density at radius 3 is 1.93 bits per heavy atom. The molecule has 0 spiro atoms. The first-order chi connectivity index (χ1) is 12.9. The maximum Gasteiger partial charge on any atom is 0.260 e. The monoisotopic (exact) mass is 389 g/mol. The number of amides is 2. The maximum atomic E-state index is 13.8. The van der Waals surface area contributed by atoms with E-state index >= 15 is 0 Å². The van der Waals surface area contributed by atoms with Gasteiger partial charge in [0.25, 0.3) is 5.91 Å². The number of hydrogen-bond acceptors (Lipinski definition) is 4. The first kappa shape index (κ1) is 19.6. The Balaban J connectivity index is 1.60. The molecule has 0 saturated carbocycles. The van der Waals surface area contributed by atoms with Crippen molar-refractivity contribution in [3.05, 3.63) is 34.9 Å². The van der Waals surface area contributed by atoms with Crippen LogP contribution in [0.15, 0.2) is 6.07 Å². The number of ether oxygens (including phenoxy) is 1. The molecule has 2 heterocycles. The molecular weight excluding hydrogens is 370 g/mol. The second-order valence-corrected chi connectivity index (χ2v) is 6.40. The number of hydrogen-bond donors (Lipinski definition) is 0. The van der Waals surface area contributed by atoms with E-state index in [9.17, 15) is 27.2 Å². The minimum absolute atomic E-state index is 0.0185. The van der Waals surface area contributed by atoms with Crippen molar-refractivity contribution in [2.24, 2.45) is 0 Å². The van der Waals surface area contributed by atoms with Crippen molar-refractivity contribution < 1.29 is 31.9 Å². The smallest absolute Gasteiger partial charge is 0.260 e. The SMILES string of the molecule is O=C(CN1CCOCC1)N1CCN(C(=O)c2c(F)c(F)cc(F)c2F)CC1. The molecule has 1 aromatic carbocycles. The molecule has 10 heteroatoms. The van der Waals surface area contributed by atoms with Gasteiger partial charge in [-0.15, -0.1) is 0 Å². The number of nitrogens with zero attached hydrogens (tertiary/aromatic N) is 3. The largest absolute Gasteiger partial charge is 0.379 e. The zero-order chi connectivity index (χ0) is 19.6. The third-order valence-electron chi connectivity index (χ3n) is 4.71. The molecule has 1 aromatic rings. The first-order valence-corrected chi connectivity index (χ1v) is 8.58. The Labute approximate surface area is 153 Å². The number of rotatable bonds is 3. The van der Waals surface area contributed by atoms with Gasteiger partial charge in [0.05, 0.1) is 19.8 Å². The van der Waals surface area contributed by atoms with Crippen LogP contribution in [0.25, 0.3) is 0 Å². The van der Waals surface area contributed by atoms with Gasteiger partial charge in [-0.1, -0.05) is 0 Å². The predicted molar refractivity (Wildman–Crippen MR) is 86.0 cm³/mol. The minimum Gasteiger partial charge on any atom is -0.379 e. The van der Waals surface area contributed by atoms with Crippen molar-refractivity contribution >= 4 is 11.8 Å². The van der Waals surface area contributed by atoms with Crippen LogP contribution in [0.3, 0.4) is 0 Å². The average molecular weight is 389 g/mol. The van der Waals surface area contributed by atoms with E-state index in [1.165, 1.54) is 0 Å². The molecule has 148 valence electrons. The van der Waals surface area contributed by atoms with Gasteiger partial charge in [-0.25, -0.2) is 17.6 Å². The summed E-state index contributed by atoms with van der Waals surface area (Å²) in [6.45, 7) is 3.08. The van der Waals surface area contributed by atoms with Crippen molar-refractivity contribution in [3.8, 4) is 0 Å². The van der Waals surface area contributed by atoms with Crippen LogP contribution in [-0.2, 0) is 9.53 Å². The third kappa shape index (κ3) is 4.22. The fraction of sp³-hybridized carbons (Fsp3) is 0.529. The summed E-state index contributed by atoms with van der Waals surface area (Å²) in [5.41, 5.74) is -1.25. The van der Waals surface area contributed by atoms with Gasteiger partial charge in [-0.3, -0.25) is 14.5 Å². The van der Waals surface area contributed by atoms with E-state index in [0.717, 1.165) is 4.90 Å². The van der Waals surface area contributed by atoms with E-state index in [-0.39, 0.29) is 44.7 Å². The van der Waals surface area contributed by atoms with Crippen molar-refractivity contribution in [2.75, 3.05) is 59.0 Å². The predicted octanol–water partition coefficient (Wildman–Crippen LogP) is 0.860. The lowest BCUT2D eigenvalue weighted by Gasteiger charge is -2.36. The van der Waals surface area contributed by atoms with Gasteiger partial charge < -0.3 is 14.5 Å². The quantitative estimate of drug-likeness (QED) is 0.569. The number of halogens is 4. The van der Waals surface area contributed by atoms with E-state index in [0.29, 0.717) is 26.3 Å². The first-order valence-electron chi connectivity index (χ1n) is 8.58. The minimum atomic E-state index is -1.72. The fourth-order valence-electron chi connectivity index (χ4n) is 3.13. The van der Waals surface area contributed by atoms with Crippen LogP contribution in [0.4, 0.5) is 17.6 Å². The van der Waals surface area contributed by atoms with Crippen molar-refractivity contribution in [3.63, 3.8) is 0 Å². The molecule has 27 heavy (non-hydrogen) atoms. The molecule has 0 aliphatic carbocycles. The Kier molecular flexibility index (Phi) is 5.95. The fourth-order valence-corrected chi connectivity index (χ4v) is 3.13. The standard InChI is InChI=1S/C17H19F4N3O3/c18-11-9-12(19)16(21)14(15(11)20)17(26)24-3-1-23(2-4-24)13(25)10-22-5-7-27-8-6-22/h9H,1-8,10H2. The van der Waals surface area contributed by atoms with E-state index in [1.54, 1.807) is 4.90 Å². The summed E-state index contributed by atoms with van der Waals surface area (Å²) in [7, 11) is 0. The summed E-state index contributed by atoms with van der Waals surface area (Å²) in [5.74, 6) is -7.94. The summed E-state index contributed by atoms with van der Waals surface area (Å²) >= 11 is 0. The van der Waals surface area contributed by atoms with Gasteiger partial charge in [-0.2, -0.15) is 0 Å². The Bertz CT molecular complexity index is 706. The average Bonchev–Trinajstić information content (AvgIpc) is 2.67. The molecule has 2 aliphatic heterocycles. The summed E-state index contributed by atoms with van der Waals surface area (Å²) < 4.78 is 59.5. The molecule has 3 rings (SSSR count). The van der Waals surface area contributed by atoms with Crippen LogP contribution < -0.4 is 0 Å². The molecule has 0 atom stereocenters. The second kappa shape index (κ2) is 8.22. The Hall–Kier alpha value is -2.20. The highest BCUT2D eigenvalue weighted by molar-refractivity contribution is 5.95. The third-order valence-corrected chi connectivity index (χ3v) is 4.71. The van der Waals surface area contributed by atoms with E-state index in [1.807, 2.05) is 4.90 Å². The van der Waals surface area contributed by atoms with E-state index in [2.05, 4.69) is 0 Å². The molecule has 0 aromatic heterocycles. The lowest BCUT2D eigenvalue weighted by Crippen LogP contribution is -2.53. The number of morpholine rings is 1. The van der Waals surface area contributed by atoms with Gasteiger partial charge in [0.15, 0.2) is 23.3 Å². The molecule has 0 N–H and O–H groups in total. The molecule has 0 bridgehead atoms. The second-order valence-electron chi connectivity index (χ2n) is 6.40. The van der Waals surface area contributed by atoms with Gasteiger partial charge >= 0.3 is 0 Å². The van der Waals surface area contributed by atoms with Gasteiger partial charge in [-0.05, 0) is 0 Å².